The van der Waals surface area contributed by atoms with Crippen LogP contribution in [0.15, 0.2) is 122 Å². The first-order valence-corrected chi connectivity index (χ1v) is 16.1. The Morgan fingerprint density at radius 1 is 0.830 bits per heavy atom. The van der Waals surface area contributed by atoms with Crippen molar-refractivity contribution in [3.05, 3.63) is 138 Å². The van der Waals surface area contributed by atoms with Gasteiger partial charge in [-0.1, -0.05) is 84.9 Å². The van der Waals surface area contributed by atoms with Gasteiger partial charge < -0.3 is 29.5 Å². The number of rotatable bonds is 14. The number of hydrogen-bond acceptors (Lipinski definition) is 7. The largest absolute Gasteiger partial charge is 0.466 e. The molecule has 0 spiro atoms. The lowest BCUT2D eigenvalue weighted by molar-refractivity contribution is -0.127. The monoisotopic (exact) mass is 632 g/mol. The van der Waals surface area contributed by atoms with Gasteiger partial charge in [-0.15, -0.1) is 0 Å². The molecule has 0 bridgehead atoms. The zero-order chi connectivity index (χ0) is 32.6. The molecule has 6 rings (SSSR count). The zero-order valence-corrected chi connectivity index (χ0v) is 26.3. The zero-order valence-electron chi connectivity index (χ0n) is 26.3. The van der Waals surface area contributed by atoms with Gasteiger partial charge in [-0.2, -0.15) is 0 Å². The number of amides is 1. The first kappa shape index (κ1) is 31.9. The maximum Gasteiger partial charge on any atom is 0.231 e. The number of hydrogen-bond donors (Lipinski definition) is 2. The molecule has 0 aromatic heterocycles. The number of fused-ring (bicyclic) bond motifs is 1. The number of aliphatic hydroxyl groups excluding tert-OH is 1. The molecule has 1 unspecified atom stereocenters. The minimum absolute atomic E-state index is 0.0378. The van der Waals surface area contributed by atoms with Gasteiger partial charge in [-0.3, -0.25) is 9.59 Å². The SMILES string of the molecule is C=C1OC(C(=O)C[C@@H](Cc2ccccc2)C[C@H](O)[C@H](Cc2ccccc2)NC(=O)Cc2ccc3c(c2)OCO3)CN1c1ccccc1. The molecule has 2 N–H and O–H groups in total. The third kappa shape index (κ3) is 8.40. The van der Waals surface area contributed by atoms with Gasteiger partial charge >= 0.3 is 0 Å². The lowest BCUT2D eigenvalue weighted by Crippen LogP contribution is -2.46. The average Bonchev–Trinajstić information content (AvgIpc) is 3.72. The Labute approximate surface area is 275 Å². The third-order valence-electron chi connectivity index (χ3n) is 8.70. The normalized spacial score (nSPS) is 17.1. The van der Waals surface area contributed by atoms with E-state index in [-0.39, 0.29) is 37.2 Å². The number of ether oxygens (including phenoxy) is 3. The van der Waals surface area contributed by atoms with E-state index >= 15 is 0 Å². The molecule has 242 valence electrons. The highest BCUT2D eigenvalue weighted by molar-refractivity contribution is 5.85. The number of anilines is 1. The quantitative estimate of drug-likeness (QED) is 0.186. The Bertz CT molecular complexity index is 1660. The number of Topliss-reactive ketones (excluding diaryl/α,β-unsaturated/α-hetero) is 1. The Balaban J connectivity index is 1.16. The third-order valence-corrected chi connectivity index (χ3v) is 8.70. The van der Waals surface area contributed by atoms with Crippen LogP contribution in [0.5, 0.6) is 11.5 Å². The summed E-state index contributed by atoms with van der Waals surface area (Å²) in [7, 11) is 0. The molecule has 1 fully saturated rings. The predicted molar refractivity (Wildman–Crippen MR) is 180 cm³/mol. The van der Waals surface area contributed by atoms with Crippen LogP contribution < -0.4 is 19.7 Å². The van der Waals surface area contributed by atoms with E-state index in [1.54, 1.807) is 6.07 Å². The molecule has 4 atom stereocenters. The van der Waals surface area contributed by atoms with E-state index in [4.69, 9.17) is 14.2 Å². The molecule has 0 radical (unpaired) electrons. The second kappa shape index (κ2) is 15.0. The van der Waals surface area contributed by atoms with Crippen LogP contribution in [-0.4, -0.2) is 48.4 Å². The van der Waals surface area contributed by atoms with E-state index in [2.05, 4.69) is 11.9 Å². The number of benzene rings is 4. The molecular formula is C39H40N2O6. The van der Waals surface area contributed by atoms with E-state index in [9.17, 15) is 14.7 Å². The second-order valence-corrected chi connectivity index (χ2v) is 12.2. The van der Waals surface area contributed by atoms with Crippen molar-refractivity contribution in [1.29, 1.82) is 0 Å². The van der Waals surface area contributed by atoms with Gasteiger partial charge in [0, 0.05) is 12.1 Å². The standard InChI is InChI=1S/C39H40N2O6/c1-27-41(32-15-9-4-10-16-32)25-38(47-27)35(43)22-31(19-28-11-5-2-6-12-28)21-34(42)33(20-29-13-7-3-8-14-29)40-39(44)24-30-17-18-36-37(23-30)46-26-45-36/h2-18,23,31,33-34,38,42H,1,19-22,24-26H2,(H,40,44)/t31-,33-,34-,38?/m0/s1. The van der Waals surface area contributed by atoms with Crippen molar-refractivity contribution in [1.82, 2.24) is 5.32 Å². The lowest BCUT2D eigenvalue weighted by Gasteiger charge is -2.28. The van der Waals surface area contributed by atoms with Crippen LogP contribution >= 0.6 is 0 Å². The fourth-order valence-corrected chi connectivity index (χ4v) is 6.31. The molecule has 2 aliphatic rings. The average molecular weight is 633 g/mol. The van der Waals surface area contributed by atoms with E-state index < -0.39 is 18.2 Å². The molecular weight excluding hydrogens is 592 g/mol. The summed E-state index contributed by atoms with van der Waals surface area (Å²) in [6.45, 7) is 4.58. The smallest absolute Gasteiger partial charge is 0.231 e. The van der Waals surface area contributed by atoms with E-state index in [0.717, 1.165) is 22.4 Å². The summed E-state index contributed by atoms with van der Waals surface area (Å²) < 4.78 is 16.8. The minimum atomic E-state index is -0.905. The molecule has 47 heavy (non-hydrogen) atoms. The predicted octanol–water partition coefficient (Wildman–Crippen LogP) is 5.63. The number of aliphatic hydroxyl groups is 1. The van der Waals surface area contributed by atoms with Crippen LogP contribution in [0.1, 0.15) is 29.5 Å². The molecule has 1 saturated heterocycles. The lowest BCUT2D eigenvalue weighted by atomic mass is 9.85. The summed E-state index contributed by atoms with van der Waals surface area (Å²) in [5.74, 6) is 1.29. The second-order valence-electron chi connectivity index (χ2n) is 12.2. The van der Waals surface area contributed by atoms with E-state index in [1.165, 1.54) is 0 Å². The van der Waals surface area contributed by atoms with Gasteiger partial charge in [0.05, 0.1) is 25.1 Å². The molecule has 2 aliphatic heterocycles. The highest BCUT2D eigenvalue weighted by Crippen LogP contribution is 2.33. The van der Waals surface area contributed by atoms with Crippen molar-refractivity contribution >= 4 is 17.4 Å². The van der Waals surface area contributed by atoms with Crippen molar-refractivity contribution in [2.24, 2.45) is 5.92 Å². The topological polar surface area (TPSA) is 97.3 Å². The van der Waals surface area contributed by atoms with Crippen molar-refractivity contribution in [2.75, 3.05) is 18.2 Å². The van der Waals surface area contributed by atoms with Crippen LogP contribution in [0.25, 0.3) is 0 Å². The highest BCUT2D eigenvalue weighted by atomic mass is 16.7. The fourth-order valence-electron chi connectivity index (χ4n) is 6.31. The molecule has 1 amide bonds. The summed E-state index contributed by atoms with van der Waals surface area (Å²) in [5.41, 5.74) is 3.78. The molecule has 8 heteroatoms. The van der Waals surface area contributed by atoms with Crippen LogP contribution in [0.2, 0.25) is 0 Å². The van der Waals surface area contributed by atoms with E-state index in [0.29, 0.717) is 43.2 Å². The van der Waals surface area contributed by atoms with Crippen LogP contribution in [0.3, 0.4) is 0 Å². The maximum absolute atomic E-state index is 13.7. The van der Waals surface area contributed by atoms with Gasteiger partial charge in [0.1, 0.15) is 0 Å². The van der Waals surface area contributed by atoms with Gasteiger partial charge in [-0.25, -0.2) is 0 Å². The molecule has 4 aromatic carbocycles. The summed E-state index contributed by atoms with van der Waals surface area (Å²) in [6.07, 6.45) is 0.147. The first-order valence-electron chi connectivity index (χ1n) is 16.1. The molecule has 2 heterocycles. The summed E-state index contributed by atoms with van der Waals surface area (Å²) in [5, 5.41) is 14.9. The Kier molecular flexibility index (Phi) is 10.2. The summed E-state index contributed by atoms with van der Waals surface area (Å²) in [4.78, 5) is 29.0. The highest BCUT2D eigenvalue weighted by Gasteiger charge is 2.35. The number of carbonyl (C=O) groups excluding carboxylic acids is 2. The Morgan fingerprint density at radius 3 is 2.17 bits per heavy atom. The minimum Gasteiger partial charge on any atom is -0.466 e. The number of ketones is 1. The van der Waals surface area contributed by atoms with Crippen molar-refractivity contribution in [2.45, 2.75) is 50.4 Å². The summed E-state index contributed by atoms with van der Waals surface area (Å²) >= 11 is 0. The van der Waals surface area contributed by atoms with Crippen molar-refractivity contribution in [3.63, 3.8) is 0 Å². The van der Waals surface area contributed by atoms with Crippen LogP contribution in [0.4, 0.5) is 5.69 Å². The van der Waals surface area contributed by atoms with Gasteiger partial charge in [0.15, 0.2) is 29.3 Å². The Hall–Kier alpha value is -5.08. The molecule has 8 nitrogen and oxygen atoms in total. The van der Waals surface area contributed by atoms with Crippen molar-refractivity contribution < 1.29 is 28.9 Å². The molecule has 0 aliphatic carbocycles. The molecule has 0 saturated carbocycles. The molecule has 4 aromatic rings. The number of nitrogens with one attached hydrogen (secondary N) is 1. The number of nitrogens with zero attached hydrogens (tertiary/aromatic N) is 1. The van der Waals surface area contributed by atoms with Crippen LogP contribution in [0, 0.1) is 5.92 Å². The van der Waals surface area contributed by atoms with E-state index in [1.807, 2.05) is 108 Å². The van der Waals surface area contributed by atoms with Gasteiger partial charge in [0.25, 0.3) is 0 Å². The van der Waals surface area contributed by atoms with Crippen molar-refractivity contribution in [3.8, 4) is 11.5 Å². The fraction of sp³-hybridized carbons (Fsp3) is 0.282. The Morgan fingerprint density at radius 2 is 1.47 bits per heavy atom. The maximum atomic E-state index is 13.7. The van der Waals surface area contributed by atoms with Crippen LogP contribution in [-0.2, 0) is 33.6 Å². The first-order chi connectivity index (χ1) is 22.9. The van der Waals surface area contributed by atoms with Gasteiger partial charge in [-0.05, 0) is 72.7 Å². The van der Waals surface area contributed by atoms with Gasteiger partial charge in [0.2, 0.25) is 12.7 Å². The summed E-state index contributed by atoms with van der Waals surface area (Å²) in [6, 6.07) is 34.4. The number of carbonyl (C=O) groups is 2. The number of para-hydroxylation sites is 1.